The molecule has 0 saturated heterocycles. The molecular formula is C13H19NO2. The summed E-state index contributed by atoms with van der Waals surface area (Å²) in [5.74, 6) is 0.0713. The number of rotatable bonds is 5. The summed E-state index contributed by atoms with van der Waals surface area (Å²) in [6, 6.07) is 0. The second-order valence-electron chi connectivity index (χ2n) is 3.72. The fourth-order valence-corrected chi connectivity index (χ4v) is 1.39. The summed E-state index contributed by atoms with van der Waals surface area (Å²) in [6.07, 6.45) is 12.0. The number of amides is 1. The minimum absolute atomic E-state index is 0.0127. The zero-order chi connectivity index (χ0) is 11.8. The van der Waals surface area contributed by atoms with Gasteiger partial charge >= 0.3 is 0 Å². The maximum Gasteiger partial charge on any atom is 0.224 e. The van der Waals surface area contributed by atoms with Gasteiger partial charge in [0.25, 0.3) is 0 Å². The van der Waals surface area contributed by atoms with Gasteiger partial charge in [-0.05, 0) is 24.6 Å². The summed E-state index contributed by atoms with van der Waals surface area (Å²) < 4.78 is 5.17. The molecule has 1 aliphatic carbocycles. The van der Waals surface area contributed by atoms with Crippen molar-refractivity contribution in [3.63, 3.8) is 0 Å². The number of methoxy groups -OCH3 is 1. The van der Waals surface area contributed by atoms with Crippen LogP contribution in [0.15, 0.2) is 36.1 Å². The summed E-state index contributed by atoms with van der Waals surface area (Å²) in [5, 5.41) is 2.87. The molecule has 0 fully saturated rings. The van der Waals surface area contributed by atoms with Gasteiger partial charge in [0, 0.05) is 19.2 Å². The Morgan fingerprint density at radius 1 is 1.50 bits per heavy atom. The van der Waals surface area contributed by atoms with Gasteiger partial charge in [-0.1, -0.05) is 25.5 Å². The fourth-order valence-electron chi connectivity index (χ4n) is 1.39. The number of ether oxygens (including phenoxy) is 1. The molecule has 0 aromatic carbocycles. The lowest BCUT2D eigenvalue weighted by Crippen LogP contribution is -2.21. The lowest BCUT2D eigenvalue weighted by atomic mass is 10.2. The highest BCUT2D eigenvalue weighted by molar-refractivity contribution is 5.78. The molecule has 1 aliphatic rings. The van der Waals surface area contributed by atoms with Crippen LogP contribution in [0.25, 0.3) is 0 Å². The van der Waals surface area contributed by atoms with Crippen LogP contribution in [0.1, 0.15) is 26.2 Å². The summed E-state index contributed by atoms with van der Waals surface area (Å²) >= 11 is 0. The molecule has 3 nitrogen and oxygen atoms in total. The van der Waals surface area contributed by atoms with E-state index < -0.39 is 0 Å². The van der Waals surface area contributed by atoms with Gasteiger partial charge in [-0.3, -0.25) is 4.79 Å². The number of allylic oxidation sites excluding steroid dienone is 3. The topological polar surface area (TPSA) is 38.3 Å². The van der Waals surface area contributed by atoms with Crippen LogP contribution in [0, 0.1) is 0 Å². The first-order valence-electron chi connectivity index (χ1n) is 5.65. The van der Waals surface area contributed by atoms with Crippen LogP contribution in [0.5, 0.6) is 0 Å². The molecule has 1 rings (SSSR count). The molecule has 1 atom stereocenters. The van der Waals surface area contributed by atoms with E-state index in [1.54, 1.807) is 7.11 Å². The van der Waals surface area contributed by atoms with Crippen molar-refractivity contribution in [1.29, 1.82) is 0 Å². The second kappa shape index (κ2) is 7.01. The van der Waals surface area contributed by atoms with Crippen molar-refractivity contribution in [2.45, 2.75) is 32.3 Å². The van der Waals surface area contributed by atoms with Crippen LogP contribution in [-0.2, 0) is 9.53 Å². The molecule has 88 valence electrons. The molecule has 0 heterocycles. The van der Waals surface area contributed by atoms with Gasteiger partial charge < -0.3 is 10.1 Å². The molecule has 1 unspecified atom stereocenters. The van der Waals surface area contributed by atoms with Crippen LogP contribution in [0.2, 0.25) is 0 Å². The summed E-state index contributed by atoms with van der Waals surface area (Å²) in [6.45, 7) is 2.07. The Kier molecular flexibility index (Phi) is 5.57. The van der Waals surface area contributed by atoms with E-state index in [2.05, 4.69) is 12.2 Å². The highest BCUT2D eigenvalue weighted by atomic mass is 16.5. The number of hydrogen-bond donors (Lipinski definition) is 1. The Morgan fingerprint density at radius 2 is 2.31 bits per heavy atom. The molecule has 1 N–H and O–H groups in total. The standard InChI is InChI=1S/C13H19NO2/c1-3-4-8-13(15)14-11-6-5-7-12(16-2)10-9-11/h5-7,9-10,12H,3-4,8H2,1-2H3,(H,14,15). The van der Waals surface area contributed by atoms with E-state index in [-0.39, 0.29) is 12.0 Å². The van der Waals surface area contributed by atoms with Crippen LogP contribution >= 0.6 is 0 Å². The lowest BCUT2D eigenvalue weighted by Gasteiger charge is -2.05. The molecule has 0 bridgehead atoms. The third-order valence-electron chi connectivity index (χ3n) is 2.36. The number of unbranched alkanes of at least 4 members (excludes halogenated alkanes) is 1. The molecule has 0 saturated carbocycles. The van der Waals surface area contributed by atoms with E-state index in [9.17, 15) is 4.79 Å². The molecule has 0 aromatic heterocycles. The van der Waals surface area contributed by atoms with E-state index in [0.717, 1.165) is 18.5 Å². The average molecular weight is 221 g/mol. The van der Waals surface area contributed by atoms with Crippen molar-refractivity contribution < 1.29 is 9.53 Å². The number of hydrogen-bond acceptors (Lipinski definition) is 2. The number of nitrogens with one attached hydrogen (secondary N) is 1. The van der Waals surface area contributed by atoms with E-state index >= 15 is 0 Å². The Labute approximate surface area is 96.9 Å². The monoisotopic (exact) mass is 221 g/mol. The van der Waals surface area contributed by atoms with Gasteiger partial charge in [-0.2, -0.15) is 0 Å². The zero-order valence-electron chi connectivity index (χ0n) is 9.90. The van der Waals surface area contributed by atoms with Gasteiger partial charge in [-0.15, -0.1) is 0 Å². The van der Waals surface area contributed by atoms with Crippen LogP contribution in [0.3, 0.4) is 0 Å². The molecule has 0 aliphatic heterocycles. The van der Waals surface area contributed by atoms with Gasteiger partial charge in [0.2, 0.25) is 5.91 Å². The van der Waals surface area contributed by atoms with Crippen molar-refractivity contribution in [3.8, 4) is 0 Å². The average Bonchev–Trinajstić information content (AvgIpc) is 2.51. The molecule has 1 amide bonds. The van der Waals surface area contributed by atoms with E-state index in [0.29, 0.717) is 6.42 Å². The largest absolute Gasteiger partial charge is 0.373 e. The lowest BCUT2D eigenvalue weighted by molar-refractivity contribution is -0.120. The van der Waals surface area contributed by atoms with Crippen molar-refractivity contribution in [2.24, 2.45) is 0 Å². The Hall–Kier alpha value is -1.35. The zero-order valence-corrected chi connectivity index (χ0v) is 9.90. The minimum Gasteiger partial charge on any atom is -0.373 e. The van der Waals surface area contributed by atoms with E-state index in [1.807, 2.05) is 30.4 Å². The van der Waals surface area contributed by atoms with Crippen molar-refractivity contribution >= 4 is 5.91 Å². The normalized spacial score (nSPS) is 19.1. The minimum atomic E-state index is -0.0127. The van der Waals surface area contributed by atoms with Gasteiger partial charge in [0.05, 0.1) is 6.10 Å². The Balaban J connectivity index is 2.46. The molecule has 0 aromatic rings. The maximum absolute atomic E-state index is 11.5. The molecule has 16 heavy (non-hydrogen) atoms. The van der Waals surface area contributed by atoms with Crippen LogP contribution in [0.4, 0.5) is 0 Å². The van der Waals surface area contributed by atoms with E-state index in [1.165, 1.54) is 0 Å². The van der Waals surface area contributed by atoms with Gasteiger partial charge in [0.15, 0.2) is 0 Å². The molecule has 0 radical (unpaired) electrons. The predicted octanol–water partition coefficient (Wildman–Crippen LogP) is 2.32. The smallest absolute Gasteiger partial charge is 0.224 e. The Bertz CT molecular complexity index is 316. The second-order valence-corrected chi connectivity index (χ2v) is 3.72. The van der Waals surface area contributed by atoms with Crippen LogP contribution in [-0.4, -0.2) is 19.1 Å². The predicted molar refractivity (Wildman–Crippen MR) is 64.8 cm³/mol. The first kappa shape index (κ1) is 12.7. The third kappa shape index (κ3) is 4.45. The molecular weight excluding hydrogens is 202 g/mol. The Morgan fingerprint density at radius 3 is 3.00 bits per heavy atom. The quantitative estimate of drug-likeness (QED) is 0.773. The highest BCUT2D eigenvalue weighted by Crippen LogP contribution is 2.05. The molecule has 3 heteroatoms. The fraction of sp³-hybridized carbons (Fsp3) is 0.462. The van der Waals surface area contributed by atoms with Crippen molar-refractivity contribution in [2.75, 3.05) is 7.11 Å². The number of carbonyl (C=O) groups is 1. The highest BCUT2D eigenvalue weighted by Gasteiger charge is 2.04. The first-order valence-corrected chi connectivity index (χ1v) is 5.65. The van der Waals surface area contributed by atoms with Crippen LogP contribution < -0.4 is 5.32 Å². The van der Waals surface area contributed by atoms with Crippen molar-refractivity contribution in [1.82, 2.24) is 5.32 Å². The first-order chi connectivity index (χ1) is 7.76. The van der Waals surface area contributed by atoms with E-state index in [4.69, 9.17) is 4.74 Å². The summed E-state index contributed by atoms with van der Waals surface area (Å²) in [7, 11) is 1.66. The summed E-state index contributed by atoms with van der Waals surface area (Å²) in [4.78, 5) is 11.5. The molecule has 0 spiro atoms. The summed E-state index contributed by atoms with van der Waals surface area (Å²) in [5.41, 5.74) is 0.817. The van der Waals surface area contributed by atoms with Gasteiger partial charge in [-0.25, -0.2) is 0 Å². The number of carbonyl (C=O) groups excluding carboxylic acids is 1. The third-order valence-corrected chi connectivity index (χ3v) is 2.36. The SMILES string of the molecule is CCCCC(=O)NC1=CC=CC(OC)C=C1. The van der Waals surface area contributed by atoms with Gasteiger partial charge in [0.1, 0.15) is 0 Å². The van der Waals surface area contributed by atoms with Crippen molar-refractivity contribution in [3.05, 3.63) is 36.1 Å². The maximum atomic E-state index is 11.5.